The third-order valence-electron chi connectivity index (χ3n) is 1.02. The predicted octanol–water partition coefficient (Wildman–Crippen LogP) is 1.38. The van der Waals surface area contributed by atoms with Crippen LogP contribution < -0.4 is 0 Å². The number of aromatic carboxylic acids is 1. The van der Waals surface area contributed by atoms with E-state index in [0.29, 0.717) is 5.56 Å². The molecule has 0 unspecified atom stereocenters. The molecule has 0 heterocycles. The molecular formula is C7H6NiO2. The quantitative estimate of drug-likeness (QED) is 0.664. The van der Waals surface area contributed by atoms with Crippen LogP contribution in [0.5, 0.6) is 0 Å². The van der Waals surface area contributed by atoms with Gasteiger partial charge in [-0.05, 0) is 12.1 Å². The SMILES string of the molecule is O=C(O)c1ccccc1.[Ni]. The normalized spacial score (nSPS) is 8.00. The second kappa shape index (κ2) is 4.07. The van der Waals surface area contributed by atoms with Gasteiger partial charge in [0.2, 0.25) is 0 Å². The van der Waals surface area contributed by atoms with E-state index in [0.717, 1.165) is 0 Å². The molecule has 0 fully saturated rings. The first kappa shape index (κ1) is 9.18. The van der Waals surface area contributed by atoms with Gasteiger partial charge in [0, 0.05) is 16.5 Å². The van der Waals surface area contributed by atoms with E-state index in [4.69, 9.17) is 5.11 Å². The first-order valence-corrected chi connectivity index (χ1v) is 2.59. The van der Waals surface area contributed by atoms with Gasteiger partial charge in [0.25, 0.3) is 0 Å². The first-order valence-electron chi connectivity index (χ1n) is 2.59. The van der Waals surface area contributed by atoms with Crippen molar-refractivity contribution in [2.24, 2.45) is 0 Å². The summed E-state index contributed by atoms with van der Waals surface area (Å²) in [5.74, 6) is -0.879. The standard InChI is InChI=1S/C7H6O2.Ni/c8-7(9)6-4-2-1-3-5-6;/h1-5H,(H,8,9);. The number of benzene rings is 1. The van der Waals surface area contributed by atoms with Crippen LogP contribution in [0.15, 0.2) is 30.3 Å². The summed E-state index contributed by atoms with van der Waals surface area (Å²) >= 11 is 0. The zero-order valence-electron chi connectivity index (χ0n) is 5.06. The second-order valence-electron chi connectivity index (χ2n) is 1.67. The number of carboxylic acids is 1. The van der Waals surface area contributed by atoms with E-state index in [9.17, 15) is 4.79 Å². The van der Waals surface area contributed by atoms with Crippen LogP contribution in [0.25, 0.3) is 0 Å². The Hall–Kier alpha value is -0.816. The summed E-state index contributed by atoms with van der Waals surface area (Å²) in [6, 6.07) is 8.30. The Kier molecular flexibility index (Phi) is 3.74. The largest absolute Gasteiger partial charge is 0.478 e. The third kappa shape index (κ3) is 2.20. The molecule has 0 radical (unpaired) electrons. The second-order valence-corrected chi connectivity index (χ2v) is 1.67. The molecule has 1 rings (SSSR count). The van der Waals surface area contributed by atoms with Crippen molar-refractivity contribution < 1.29 is 26.4 Å². The summed E-state index contributed by atoms with van der Waals surface area (Å²) in [6.45, 7) is 0. The Bertz CT molecular complexity index is 208. The van der Waals surface area contributed by atoms with Gasteiger partial charge in [0.05, 0.1) is 5.56 Å². The maximum absolute atomic E-state index is 10.2. The van der Waals surface area contributed by atoms with Gasteiger partial charge >= 0.3 is 5.97 Å². The van der Waals surface area contributed by atoms with Crippen molar-refractivity contribution in [1.82, 2.24) is 0 Å². The monoisotopic (exact) mass is 180 g/mol. The molecule has 0 saturated heterocycles. The van der Waals surface area contributed by atoms with Crippen LogP contribution >= 0.6 is 0 Å². The van der Waals surface area contributed by atoms with Gasteiger partial charge in [-0.2, -0.15) is 0 Å². The Balaban J connectivity index is 0.000000810. The molecule has 1 aromatic rings. The molecule has 2 nitrogen and oxygen atoms in total. The number of carboxylic acid groups (broad SMARTS) is 1. The van der Waals surface area contributed by atoms with Crippen molar-refractivity contribution >= 4 is 5.97 Å². The van der Waals surface area contributed by atoms with Gasteiger partial charge in [-0.15, -0.1) is 0 Å². The van der Waals surface area contributed by atoms with E-state index in [1.165, 1.54) is 0 Å². The van der Waals surface area contributed by atoms with E-state index in [-0.39, 0.29) is 16.5 Å². The molecule has 3 heteroatoms. The summed E-state index contributed by atoms with van der Waals surface area (Å²) in [4.78, 5) is 10.2. The molecule has 1 aromatic carbocycles. The van der Waals surface area contributed by atoms with Gasteiger partial charge in [-0.1, -0.05) is 18.2 Å². The average molecular weight is 181 g/mol. The van der Waals surface area contributed by atoms with Gasteiger partial charge in [0.1, 0.15) is 0 Å². The molecule has 0 aliphatic rings. The molecule has 0 amide bonds. The Morgan fingerprint density at radius 1 is 1.20 bits per heavy atom. The average Bonchev–Trinajstić information content (AvgIpc) is 1.90. The van der Waals surface area contributed by atoms with Crippen LogP contribution in [-0.4, -0.2) is 11.1 Å². The van der Waals surface area contributed by atoms with Gasteiger partial charge in [-0.3, -0.25) is 0 Å². The minimum Gasteiger partial charge on any atom is -0.478 e. The van der Waals surface area contributed by atoms with Crippen molar-refractivity contribution in [3.63, 3.8) is 0 Å². The van der Waals surface area contributed by atoms with Crippen molar-refractivity contribution in [2.75, 3.05) is 0 Å². The van der Waals surface area contributed by atoms with Crippen molar-refractivity contribution in [3.8, 4) is 0 Å². The van der Waals surface area contributed by atoms with Crippen molar-refractivity contribution in [2.45, 2.75) is 0 Å². The molecule has 0 saturated carbocycles. The fourth-order valence-electron chi connectivity index (χ4n) is 0.581. The Labute approximate surface area is 68.8 Å². The zero-order valence-corrected chi connectivity index (χ0v) is 6.05. The van der Waals surface area contributed by atoms with Crippen molar-refractivity contribution in [1.29, 1.82) is 0 Å². The summed E-state index contributed by atoms with van der Waals surface area (Å²) in [5.41, 5.74) is 0.331. The molecule has 0 aromatic heterocycles. The summed E-state index contributed by atoms with van der Waals surface area (Å²) in [7, 11) is 0. The predicted molar refractivity (Wildman–Crippen MR) is 33.4 cm³/mol. The van der Waals surface area contributed by atoms with Crippen LogP contribution in [0, 0.1) is 0 Å². The van der Waals surface area contributed by atoms with E-state index >= 15 is 0 Å². The van der Waals surface area contributed by atoms with Gasteiger partial charge in [-0.25, -0.2) is 4.79 Å². The number of carbonyl (C=O) groups is 1. The van der Waals surface area contributed by atoms with Crippen molar-refractivity contribution in [3.05, 3.63) is 35.9 Å². The molecule has 10 heavy (non-hydrogen) atoms. The molecule has 1 N–H and O–H groups in total. The number of rotatable bonds is 1. The molecule has 0 bridgehead atoms. The van der Waals surface area contributed by atoms with E-state index in [1.54, 1.807) is 30.3 Å². The maximum Gasteiger partial charge on any atom is 0.335 e. The number of hydrogen-bond donors (Lipinski definition) is 1. The van der Waals surface area contributed by atoms with Crippen LogP contribution in [0.2, 0.25) is 0 Å². The van der Waals surface area contributed by atoms with Crippen LogP contribution in [0.3, 0.4) is 0 Å². The third-order valence-corrected chi connectivity index (χ3v) is 1.02. The topological polar surface area (TPSA) is 37.3 Å². The van der Waals surface area contributed by atoms with Gasteiger partial charge in [0.15, 0.2) is 0 Å². The molecule has 0 atom stereocenters. The van der Waals surface area contributed by atoms with Crippen LogP contribution in [0.4, 0.5) is 0 Å². The zero-order chi connectivity index (χ0) is 6.69. The summed E-state index contributed by atoms with van der Waals surface area (Å²) in [6.07, 6.45) is 0. The van der Waals surface area contributed by atoms with Crippen LogP contribution in [-0.2, 0) is 16.5 Å². The Morgan fingerprint density at radius 2 is 1.70 bits per heavy atom. The van der Waals surface area contributed by atoms with E-state index in [2.05, 4.69) is 0 Å². The fourth-order valence-corrected chi connectivity index (χ4v) is 0.581. The first-order chi connectivity index (χ1) is 4.30. The minimum atomic E-state index is -0.879. The smallest absolute Gasteiger partial charge is 0.335 e. The van der Waals surface area contributed by atoms with E-state index < -0.39 is 5.97 Å². The molecule has 0 aliphatic heterocycles. The summed E-state index contributed by atoms with van der Waals surface area (Å²) < 4.78 is 0. The fraction of sp³-hybridized carbons (Fsp3) is 0. The van der Waals surface area contributed by atoms with Gasteiger partial charge < -0.3 is 5.11 Å². The Morgan fingerprint density at radius 3 is 2.00 bits per heavy atom. The maximum atomic E-state index is 10.2. The van der Waals surface area contributed by atoms with Crippen LogP contribution in [0.1, 0.15) is 10.4 Å². The summed E-state index contributed by atoms with van der Waals surface area (Å²) in [5, 5.41) is 8.38. The number of hydrogen-bond acceptors (Lipinski definition) is 1. The molecule has 0 spiro atoms. The molecule has 0 aliphatic carbocycles. The molecule has 56 valence electrons. The van der Waals surface area contributed by atoms with E-state index in [1.807, 2.05) is 0 Å². The molecular weight excluding hydrogens is 175 g/mol. The minimum absolute atomic E-state index is 0.